The van der Waals surface area contributed by atoms with Gasteiger partial charge in [-0.05, 0) is 13.3 Å². The average Bonchev–Trinajstić information content (AvgIpc) is 3.16. The van der Waals surface area contributed by atoms with Crippen molar-refractivity contribution in [2.75, 3.05) is 6.54 Å². The summed E-state index contributed by atoms with van der Waals surface area (Å²) in [5.41, 5.74) is 5.70. The van der Waals surface area contributed by atoms with E-state index in [2.05, 4.69) is 25.9 Å². The van der Waals surface area contributed by atoms with Crippen LogP contribution in [0.15, 0.2) is 12.5 Å². The van der Waals surface area contributed by atoms with Crippen LogP contribution >= 0.6 is 0 Å². The molecule has 0 fully saturated rings. The van der Waals surface area contributed by atoms with Crippen molar-refractivity contribution in [1.29, 1.82) is 0 Å². The van der Waals surface area contributed by atoms with Crippen molar-refractivity contribution < 1.29 is 34.2 Å². The van der Waals surface area contributed by atoms with Crippen LogP contribution in [0.1, 0.15) is 25.5 Å². The van der Waals surface area contributed by atoms with E-state index in [1.165, 1.54) is 19.4 Å². The molecule has 0 radical (unpaired) electrons. The fourth-order valence-corrected chi connectivity index (χ4v) is 2.26. The van der Waals surface area contributed by atoms with Crippen LogP contribution in [0.4, 0.5) is 0 Å². The second kappa shape index (κ2) is 11.4. The van der Waals surface area contributed by atoms with Gasteiger partial charge in [-0.1, -0.05) is 0 Å². The molecule has 0 saturated carbocycles. The van der Waals surface area contributed by atoms with E-state index < -0.39 is 60.8 Å². The molecule has 0 bridgehead atoms. The number of hydrogen-bond acceptors (Lipinski definition) is 7. The van der Waals surface area contributed by atoms with Crippen LogP contribution in [0.2, 0.25) is 0 Å². The summed E-state index contributed by atoms with van der Waals surface area (Å²) in [4.78, 5) is 64.9. The first-order valence-electron chi connectivity index (χ1n) is 8.66. The molecule has 13 heteroatoms. The number of hydrogen-bond donors (Lipinski definition) is 7. The Bertz CT molecular complexity index is 736. The molecule has 1 heterocycles. The third-order valence-electron chi connectivity index (χ3n) is 3.83. The van der Waals surface area contributed by atoms with E-state index >= 15 is 0 Å². The number of nitrogens with zero attached hydrogens (tertiary/aromatic N) is 1. The summed E-state index contributed by atoms with van der Waals surface area (Å²) >= 11 is 0. The molecule has 0 aromatic carbocycles. The maximum atomic E-state index is 12.6. The van der Waals surface area contributed by atoms with Gasteiger partial charge in [-0.25, -0.2) is 4.98 Å². The van der Waals surface area contributed by atoms with Gasteiger partial charge in [0.1, 0.15) is 18.1 Å². The molecule has 160 valence electrons. The zero-order valence-electron chi connectivity index (χ0n) is 15.7. The van der Waals surface area contributed by atoms with Crippen molar-refractivity contribution in [3.05, 3.63) is 18.2 Å². The Morgan fingerprint density at radius 3 is 2.28 bits per heavy atom. The van der Waals surface area contributed by atoms with Gasteiger partial charge in [-0.15, -0.1) is 0 Å². The fourth-order valence-electron chi connectivity index (χ4n) is 2.26. The molecule has 0 saturated heterocycles. The third-order valence-corrected chi connectivity index (χ3v) is 3.83. The number of aromatic nitrogens is 2. The van der Waals surface area contributed by atoms with Crippen molar-refractivity contribution in [2.45, 2.75) is 44.3 Å². The summed E-state index contributed by atoms with van der Waals surface area (Å²) in [6, 6.07) is -3.65. The average molecular weight is 412 g/mol. The number of carbonyl (C=O) groups is 5. The number of carboxylic acid groups (broad SMARTS) is 2. The van der Waals surface area contributed by atoms with Gasteiger partial charge in [-0.2, -0.15) is 0 Å². The van der Waals surface area contributed by atoms with E-state index in [-0.39, 0.29) is 12.8 Å². The molecular formula is C16H24N6O7. The highest BCUT2D eigenvalue weighted by molar-refractivity contribution is 5.93. The third kappa shape index (κ3) is 8.38. The number of imidazole rings is 1. The van der Waals surface area contributed by atoms with Gasteiger partial charge in [-0.3, -0.25) is 24.0 Å². The van der Waals surface area contributed by atoms with Crippen LogP contribution in [-0.2, 0) is 30.4 Å². The van der Waals surface area contributed by atoms with E-state index in [1.54, 1.807) is 0 Å². The second-order valence-electron chi connectivity index (χ2n) is 6.17. The topological polar surface area (TPSA) is 217 Å². The lowest BCUT2D eigenvalue weighted by molar-refractivity contribution is -0.141. The number of nitrogens with two attached hydrogens (primary N) is 1. The molecule has 1 rings (SSSR count). The predicted octanol–water partition coefficient (Wildman–Crippen LogP) is -2.67. The molecule has 0 aliphatic heterocycles. The maximum absolute atomic E-state index is 12.6. The lowest BCUT2D eigenvalue weighted by atomic mass is 10.1. The minimum atomic E-state index is -1.26. The molecule has 3 unspecified atom stereocenters. The van der Waals surface area contributed by atoms with Gasteiger partial charge in [0.15, 0.2) is 0 Å². The lowest BCUT2D eigenvalue weighted by Crippen LogP contribution is -2.56. The van der Waals surface area contributed by atoms with Crippen LogP contribution in [0.3, 0.4) is 0 Å². The number of carbonyl (C=O) groups excluding carboxylic acids is 3. The largest absolute Gasteiger partial charge is 0.481 e. The maximum Gasteiger partial charge on any atom is 0.325 e. The minimum Gasteiger partial charge on any atom is -0.481 e. The van der Waals surface area contributed by atoms with Crippen molar-refractivity contribution in [1.82, 2.24) is 25.9 Å². The molecule has 0 aliphatic carbocycles. The summed E-state index contributed by atoms with van der Waals surface area (Å²) < 4.78 is 0. The smallest absolute Gasteiger partial charge is 0.325 e. The quantitative estimate of drug-likeness (QED) is 0.190. The SMILES string of the molecule is CC(NC(=O)C(Cc1cnc[nH]1)NC(=O)C(CCC(=O)O)NC(=O)CN)C(=O)O. The Morgan fingerprint density at radius 1 is 1.10 bits per heavy atom. The highest BCUT2D eigenvalue weighted by Gasteiger charge is 2.29. The highest BCUT2D eigenvalue weighted by atomic mass is 16.4. The monoisotopic (exact) mass is 412 g/mol. The Kier molecular flexibility index (Phi) is 9.25. The second-order valence-corrected chi connectivity index (χ2v) is 6.17. The van der Waals surface area contributed by atoms with Gasteiger partial charge >= 0.3 is 11.9 Å². The zero-order valence-corrected chi connectivity index (χ0v) is 15.7. The van der Waals surface area contributed by atoms with Crippen molar-refractivity contribution in [3.63, 3.8) is 0 Å². The number of H-pyrrole nitrogens is 1. The van der Waals surface area contributed by atoms with Gasteiger partial charge < -0.3 is 36.9 Å². The first-order valence-corrected chi connectivity index (χ1v) is 8.66. The number of aliphatic carboxylic acids is 2. The molecule has 13 nitrogen and oxygen atoms in total. The van der Waals surface area contributed by atoms with Gasteiger partial charge in [0.2, 0.25) is 17.7 Å². The molecule has 0 spiro atoms. The van der Waals surface area contributed by atoms with E-state index in [9.17, 15) is 24.0 Å². The number of carboxylic acids is 2. The van der Waals surface area contributed by atoms with E-state index in [4.69, 9.17) is 15.9 Å². The molecular weight excluding hydrogens is 388 g/mol. The lowest BCUT2D eigenvalue weighted by Gasteiger charge is -2.23. The van der Waals surface area contributed by atoms with Crippen molar-refractivity contribution in [3.8, 4) is 0 Å². The molecule has 29 heavy (non-hydrogen) atoms. The Balaban J connectivity index is 2.95. The summed E-state index contributed by atoms with van der Waals surface area (Å²) in [6.45, 7) is 0.845. The van der Waals surface area contributed by atoms with Crippen molar-refractivity contribution in [2.24, 2.45) is 5.73 Å². The first-order chi connectivity index (χ1) is 13.6. The van der Waals surface area contributed by atoms with Gasteiger partial charge in [0, 0.05) is 24.7 Å². The molecule has 3 atom stereocenters. The standard InChI is InChI=1S/C16H24N6O7/c1-8(16(28)29)20-15(27)11(4-9-6-18-7-19-9)22-14(26)10(2-3-13(24)25)21-12(23)5-17/h6-8,10-11H,2-5,17H2,1H3,(H,18,19)(H,20,27)(H,21,23)(H,22,26)(H,24,25)(H,28,29). The minimum absolute atomic E-state index is 0.0413. The summed E-state index contributed by atoms with van der Waals surface area (Å²) in [5, 5.41) is 24.7. The van der Waals surface area contributed by atoms with Crippen molar-refractivity contribution >= 4 is 29.7 Å². The summed E-state index contributed by atoms with van der Waals surface area (Å²) in [7, 11) is 0. The van der Waals surface area contributed by atoms with Crippen LogP contribution < -0.4 is 21.7 Å². The fraction of sp³-hybridized carbons (Fsp3) is 0.500. The van der Waals surface area contributed by atoms with Gasteiger partial charge in [0.25, 0.3) is 0 Å². The van der Waals surface area contributed by atoms with E-state index in [0.717, 1.165) is 0 Å². The Hall–Kier alpha value is -3.48. The molecule has 1 aromatic rings. The van der Waals surface area contributed by atoms with Crippen LogP contribution in [0.25, 0.3) is 0 Å². The molecule has 3 amide bonds. The number of rotatable bonds is 12. The van der Waals surface area contributed by atoms with Crippen LogP contribution in [0, 0.1) is 0 Å². The zero-order chi connectivity index (χ0) is 22.0. The number of nitrogens with one attached hydrogen (secondary N) is 4. The Morgan fingerprint density at radius 2 is 1.76 bits per heavy atom. The highest BCUT2D eigenvalue weighted by Crippen LogP contribution is 2.04. The normalized spacial score (nSPS) is 13.6. The van der Waals surface area contributed by atoms with E-state index in [1.807, 2.05) is 0 Å². The van der Waals surface area contributed by atoms with Crippen LogP contribution in [-0.4, -0.2) is 74.5 Å². The predicted molar refractivity (Wildman–Crippen MR) is 97.3 cm³/mol. The summed E-state index contributed by atoms with van der Waals surface area (Å²) in [5.74, 6) is -4.70. The number of aromatic amines is 1. The molecule has 0 aliphatic rings. The molecule has 1 aromatic heterocycles. The van der Waals surface area contributed by atoms with Crippen LogP contribution in [0.5, 0.6) is 0 Å². The molecule has 8 N–H and O–H groups in total. The first kappa shape index (κ1) is 23.6. The van der Waals surface area contributed by atoms with E-state index in [0.29, 0.717) is 5.69 Å². The number of amides is 3. The summed E-state index contributed by atoms with van der Waals surface area (Å²) in [6.07, 6.45) is 2.11. The van der Waals surface area contributed by atoms with Gasteiger partial charge in [0.05, 0.1) is 12.9 Å². The Labute approximate surface area is 165 Å².